The van der Waals surface area contributed by atoms with Crippen molar-refractivity contribution in [2.24, 2.45) is 0 Å². The first kappa shape index (κ1) is 10.5. The molecule has 0 aromatic carbocycles. The minimum Gasteiger partial charge on any atom is -0.477 e. The summed E-state index contributed by atoms with van der Waals surface area (Å²) in [6.45, 7) is 2.52. The molecule has 15 heavy (non-hydrogen) atoms. The SMILES string of the molecule is CCOc1cncc(NC2CC(Cl)C2)n1. The van der Waals surface area contributed by atoms with E-state index in [0.29, 0.717) is 23.9 Å². The Kier molecular flexibility index (Phi) is 3.26. The van der Waals surface area contributed by atoms with Crippen molar-refractivity contribution >= 4 is 17.4 Å². The first-order valence-electron chi connectivity index (χ1n) is 5.13. The fraction of sp³-hybridized carbons (Fsp3) is 0.600. The first-order valence-corrected chi connectivity index (χ1v) is 5.57. The Balaban J connectivity index is 1.93. The smallest absolute Gasteiger partial charge is 0.234 e. The molecule has 1 saturated carbocycles. The van der Waals surface area contributed by atoms with E-state index >= 15 is 0 Å². The number of rotatable bonds is 4. The van der Waals surface area contributed by atoms with Crippen LogP contribution in [0.4, 0.5) is 5.82 Å². The van der Waals surface area contributed by atoms with Gasteiger partial charge in [0, 0.05) is 11.4 Å². The van der Waals surface area contributed by atoms with E-state index in [4.69, 9.17) is 16.3 Å². The number of anilines is 1. The molecular weight excluding hydrogens is 214 g/mol. The Labute approximate surface area is 94.0 Å². The van der Waals surface area contributed by atoms with Crippen molar-refractivity contribution in [1.29, 1.82) is 0 Å². The van der Waals surface area contributed by atoms with Crippen LogP contribution in [0.2, 0.25) is 0 Å². The van der Waals surface area contributed by atoms with Crippen molar-refractivity contribution in [1.82, 2.24) is 9.97 Å². The number of hydrogen-bond donors (Lipinski definition) is 1. The van der Waals surface area contributed by atoms with Gasteiger partial charge < -0.3 is 10.1 Å². The Morgan fingerprint density at radius 3 is 3.00 bits per heavy atom. The van der Waals surface area contributed by atoms with Gasteiger partial charge >= 0.3 is 0 Å². The Hall–Kier alpha value is -1.03. The molecule has 82 valence electrons. The molecule has 1 fully saturated rings. The second-order valence-electron chi connectivity index (χ2n) is 3.59. The standard InChI is InChI=1S/C10H14ClN3O/c1-2-15-10-6-12-5-9(14-10)13-8-3-7(11)4-8/h5-8H,2-4H2,1H3,(H,13,14). The molecule has 1 aromatic heterocycles. The zero-order chi connectivity index (χ0) is 10.7. The largest absolute Gasteiger partial charge is 0.477 e. The Morgan fingerprint density at radius 1 is 1.53 bits per heavy atom. The molecule has 5 heteroatoms. The highest BCUT2D eigenvalue weighted by Crippen LogP contribution is 2.28. The van der Waals surface area contributed by atoms with Gasteiger partial charge in [-0.1, -0.05) is 0 Å². The highest BCUT2D eigenvalue weighted by atomic mass is 35.5. The second-order valence-corrected chi connectivity index (χ2v) is 4.20. The maximum Gasteiger partial charge on any atom is 0.234 e. The number of hydrogen-bond acceptors (Lipinski definition) is 4. The summed E-state index contributed by atoms with van der Waals surface area (Å²) in [5, 5.41) is 3.58. The number of nitrogens with zero attached hydrogens (tertiary/aromatic N) is 2. The normalized spacial score (nSPS) is 24.4. The summed E-state index contributed by atoms with van der Waals surface area (Å²) in [7, 11) is 0. The van der Waals surface area contributed by atoms with Crippen molar-refractivity contribution < 1.29 is 4.74 Å². The van der Waals surface area contributed by atoms with Crippen LogP contribution < -0.4 is 10.1 Å². The van der Waals surface area contributed by atoms with E-state index in [-0.39, 0.29) is 0 Å². The van der Waals surface area contributed by atoms with Gasteiger partial charge in [0.05, 0.1) is 19.0 Å². The maximum absolute atomic E-state index is 5.89. The topological polar surface area (TPSA) is 47.0 Å². The molecule has 0 bridgehead atoms. The molecule has 0 aliphatic heterocycles. The molecule has 1 N–H and O–H groups in total. The third-order valence-electron chi connectivity index (χ3n) is 2.34. The van der Waals surface area contributed by atoms with E-state index in [1.54, 1.807) is 12.4 Å². The van der Waals surface area contributed by atoms with Gasteiger partial charge in [-0.15, -0.1) is 11.6 Å². The molecule has 1 heterocycles. The summed E-state index contributed by atoms with van der Waals surface area (Å²) in [5.74, 6) is 1.32. The van der Waals surface area contributed by atoms with Crippen molar-refractivity contribution in [2.75, 3.05) is 11.9 Å². The molecule has 4 nitrogen and oxygen atoms in total. The lowest BCUT2D eigenvalue weighted by molar-refractivity contribution is 0.325. The molecule has 1 aliphatic rings. The Bertz CT molecular complexity index is 328. The van der Waals surface area contributed by atoms with Crippen LogP contribution in [-0.2, 0) is 0 Å². The highest BCUT2D eigenvalue weighted by Gasteiger charge is 2.27. The fourth-order valence-corrected chi connectivity index (χ4v) is 1.94. The van der Waals surface area contributed by atoms with Crippen molar-refractivity contribution in [3.63, 3.8) is 0 Å². The third kappa shape index (κ3) is 2.72. The molecule has 0 unspecified atom stereocenters. The van der Waals surface area contributed by atoms with E-state index in [1.807, 2.05) is 6.92 Å². The van der Waals surface area contributed by atoms with Gasteiger partial charge in [0.15, 0.2) is 0 Å². The third-order valence-corrected chi connectivity index (χ3v) is 2.69. The first-order chi connectivity index (χ1) is 7.28. The van der Waals surface area contributed by atoms with E-state index in [2.05, 4.69) is 15.3 Å². The fourth-order valence-electron chi connectivity index (χ4n) is 1.51. The summed E-state index contributed by atoms with van der Waals surface area (Å²) < 4.78 is 5.26. The minimum absolute atomic E-state index is 0.311. The average molecular weight is 228 g/mol. The molecule has 0 radical (unpaired) electrons. The van der Waals surface area contributed by atoms with Gasteiger partial charge in [0.25, 0.3) is 0 Å². The van der Waals surface area contributed by atoms with Gasteiger partial charge in [-0.05, 0) is 19.8 Å². The van der Waals surface area contributed by atoms with Crippen LogP contribution in [0.3, 0.4) is 0 Å². The minimum atomic E-state index is 0.311. The number of halogens is 1. The number of ether oxygens (including phenoxy) is 1. The molecular formula is C10H14ClN3O. The molecule has 0 saturated heterocycles. The van der Waals surface area contributed by atoms with E-state index in [0.717, 1.165) is 18.7 Å². The second kappa shape index (κ2) is 4.66. The lowest BCUT2D eigenvalue weighted by atomic mass is 9.92. The monoisotopic (exact) mass is 227 g/mol. The van der Waals surface area contributed by atoms with Crippen LogP contribution in [0.5, 0.6) is 5.88 Å². The van der Waals surface area contributed by atoms with E-state index in [1.165, 1.54) is 0 Å². The average Bonchev–Trinajstić information content (AvgIpc) is 2.17. The predicted octanol–water partition coefficient (Wildman–Crippen LogP) is 2.06. The van der Waals surface area contributed by atoms with E-state index < -0.39 is 0 Å². The van der Waals surface area contributed by atoms with Crippen LogP contribution in [-0.4, -0.2) is 28.0 Å². The van der Waals surface area contributed by atoms with Crippen LogP contribution in [0.25, 0.3) is 0 Å². The van der Waals surface area contributed by atoms with Crippen LogP contribution in [0, 0.1) is 0 Å². The number of alkyl halides is 1. The summed E-state index contributed by atoms with van der Waals surface area (Å²) in [5.41, 5.74) is 0. The van der Waals surface area contributed by atoms with Gasteiger partial charge in [0.2, 0.25) is 5.88 Å². The molecule has 2 rings (SSSR count). The van der Waals surface area contributed by atoms with Crippen LogP contribution in [0.15, 0.2) is 12.4 Å². The maximum atomic E-state index is 5.89. The molecule has 0 spiro atoms. The Morgan fingerprint density at radius 2 is 2.33 bits per heavy atom. The van der Waals surface area contributed by atoms with Crippen LogP contribution in [0.1, 0.15) is 19.8 Å². The number of aromatic nitrogens is 2. The van der Waals surface area contributed by atoms with Crippen molar-refractivity contribution in [3.8, 4) is 5.88 Å². The molecule has 0 atom stereocenters. The predicted molar refractivity (Wildman–Crippen MR) is 59.5 cm³/mol. The lowest BCUT2D eigenvalue weighted by Crippen LogP contribution is -2.36. The highest BCUT2D eigenvalue weighted by molar-refractivity contribution is 6.21. The van der Waals surface area contributed by atoms with Gasteiger partial charge in [-0.25, -0.2) is 0 Å². The van der Waals surface area contributed by atoms with E-state index in [9.17, 15) is 0 Å². The quantitative estimate of drug-likeness (QED) is 0.800. The van der Waals surface area contributed by atoms with Gasteiger partial charge in [-0.3, -0.25) is 4.98 Å². The van der Waals surface area contributed by atoms with Crippen molar-refractivity contribution in [2.45, 2.75) is 31.2 Å². The zero-order valence-electron chi connectivity index (χ0n) is 8.61. The lowest BCUT2D eigenvalue weighted by Gasteiger charge is -2.31. The van der Waals surface area contributed by atoms with Crippen molar-refractivity contribution in [3.05, 3.63) is 12.4 Å². The number of nitrogens with one attached hydrogen (secondary N) is 1. The molecule has 1 aliphatic carbocycles. The zero-order valence-corrected chi connectivity index (χ0v) is 9.37. The summed E-state index contributed by atoms with van der Waals surface area (Å²) in [4.78, 5) is 8.32. The van der Waals surface area contributed by atoms with Gasteiger partial charge in [-0.2, -0.15) is 4.98 Å². The summed E-state index contributed by atoms with van der Waals surface area (Å²) >= 11 is 5.89. The van der Waals surface area contributed by atoms with Gasteiger partial charge in [0.1, 0.15) is 5.82 Å². The molecule has 1 aromatic rings. The summed E-state index contributed by atoms with van der Waals surface area (Å²) in [6, 6.07) is 0.429. The summed E-state index contributed by atoms with van der Waals surface area (Å²) in [6.07, 6.45) is 5.29. The van der Waals surface area contributed by atoms with Crippen LogP contribution >= 0.6 is 11.6 Å². The molecule has 0 amide bonds.